The fourth-order valence-corrected chi connectivity index (χ4v) is 1.52. The van der Waals surface area contributed by atoms with Crippen LogP contribution in [0.4, 0.5) is 0 Å². The van der Waals surface area contributed by atoms with Crippen molar-refractivity contribution in [1.29, 1.82) is 0 Å². The summed E-state index contributed by atoms with van der Waals surface area (Å²) in [6, 6.07) is 2.91. The van der Waals surface area contributed by atoms with E-state index in [9.17, 15) is 14.4 Å². The molecule has 0 aliphatic rings. The minimum Gasteiger partial charge on any atom is -0.481 e. The Kier molecular flexibility index (Phi) is 4.02. The van der Waals surface area contributed by atoms with Crippen molar-refractivity contribution < 1.29 is 33.5 Å². The summed E-state index contributed by atoms with van der Waals surface area (Å²) in [6.45, 7) is 0. The lowest BCUT2D eigenvalue weighted by molar-refractivity contribution is -0.145. The molecule has 0 aromatic carbocycles. The molecule has 0 spiro atoms. The molecule has 9 nitrogen and oxygen atoms in total. The zero-order valence-electron chi connectivity index (χ0n) is 10.5. The molecule has 21 heavy (non-hydrogen) atoms. The molecular formula is C12H10N2O7. The van der Waals surface area contributed by atoms with Crippen molar-refractivity contribution in [3.05, 3.63) is 30.2 Å². The Balaban J connectivity index is 2.09. The van der Waals surface area contributed by atoms with E-state index in [0.717, 1.165) is 0 Å². The molecule has 0 bridgehead atoms. The third kappa shape index (κ3) is 3.47. The van der Waals surface area contributed by atoms with Gasteiger partial charge in [-0.25, -0.2) is 4.79 Å². The minimum atomic E-state index is -1.56. The Bertz CT molecular complexity index is 659. The van der Waals surface area contributed by atoms with Gasteiger partial charge < -0.3 is 24.5 Å². The van der Waals surface area contributed by atoms with Gasteiger partial charge in [-0.3, -0.25) is 9.59 Å². The molecule has 2 rings (SSSR count). The molecule has 0 saturated carbocycles. The van der Waals surface area contributed by atoms with E-state index in [2.05, 4.69) is 10.5 Å². The molecule has 9 heteroatoms. The van der Waals surface area contributed by atoms with Gasteiger partial charge in [0.25, 0.3) is 5.91 Å². The van der Waals surface area contributed by atoms with Crippen LogP contribution in [0.1, 0.15) is 16.9 Å². The van der Waals surface area contributed by atoms with E-state index in [1.54, 1.807) is 12.1 Å². The largest absolute Gasteiger partial charge is 0.481 e. The van der Waals surface area contributed by atoms with Crippen LogP contribution in [0.3, 0.4) is 0 Å². The second kappa shape index (κ2) is 5.90. The summed E-state index contributed by atoms with van der Waals surface area (Å²) >= 11 is 0. The van der Waals surface area contributed by atoms with Crippen molar-refractivity contribution in [3.8, 4) is 11.5 Å². The van der Waals surface area contributed by atoms with Crippen molar-refractivity contribution in [2.45, 2.75) is 12.5 Å². The van der Waals surface area contributed by atoms with Gasteiger partial charge in [-0.2, -0.15) is 0 Å². The van der Waals surface area contributed by atoms with Gasteiger partial charge >= 0.3 is 11.9 Å². The van der Waals surface area contributed by atoms with E-state index >= 15 is 0 Å². The third-order valence-electron chi connectivity index (χ3n) is 2.49. The zero-order valence-corrected chi connectivity index (χ0v) is 10.5. The van der Waals surface area contributed by atoms with Crippen molar-refractivity contribution in [3.63, 3.8) is 0 Å². The number of aliphatic carboxylic acids is 2. The lowest BCUT2D eigenvalue weighted by Gasteiger charge is -2.10. The van der Waals surface area contributed by atoms with Gasteiger partial charge in [0, 0.05) is 6.07 Å². The van der Waals surface area contributed by atoms with Gasteiger partial charge in [-0.1, -0.05) is 5.16 Å². The molecule has 0 aliphatic carbocycles. The Labute approximate surface area is 117 Å². The lowest BCUT2D eigenvalue weighted by Crippen LogP contribution is -2.42. The highest BCUT2D eigenvalue weighted by Gasteiger charge is 2.25. The number of hydrogen-bond donors (Lipinski definition) is 3. The first-order valence-corrected chi connectivity index (χ1v) is 5.73. The quantitative estimate of drug-likeness (QED) is 0.702. The number of nitrogens with one attached hydrogen (secondary N) is 1. The molecule has 2 aromatic rings. The SMILES string of the molecule is O=C(O)C[C@@H](NC(=O)c1cc(-c2ccco2)on1)C(=O)O. The zero-order chi connectivity index (χ0) is 15.4. The third-order valence-corrected chi connectivity index (χ3v) is 2.49. The van der Waals surface area contributed by atoms with Gasteiger partial charge in [-0.05, 0) is 12.1 Å². The van der Waals surface area contributed by atoms with Crippen LogP contribution in [0.15, 0.2) is 33.4 Å². The lowest BCUT2D eigenvalue weighted by atomic mass is 10.2. The summed E-state index contributed by atoms with van der Waals surface area (Å²) in [6.07, 6.45) is 0.662. The van der Waals surface area contributed by atoms with Gasteiger partial charge in [0.05, 0.1) is 12.7 Å². The molecular weight excluding hydrogens is 284 g/mol. The van der Waals surface area contributed by atoms with Crippen LogP contribution in [-0.4, -0.2) is 39.3 Å². The standard InChI is InChI=1S/C12H10N2O7/c15-10(16)5-7(12(18)19)13-11(17)6-4-9(21-14-6)8-2-1-3-20-8/h1-4,7H,5H2,(H,13,17)(H,15,16)(H,18,19)/t7-/m1/s1. The molecule has 3 N–H and O–H groups in total. The van der Waals surface area contributed by atoms with Crippen LogP contribution in [0, 0.1) is 0 Å². The number of rotatable bonds is 6. The van der Waals surface area contributed by atoms with E-state index < -0.39 is 30.3 Å². The Morgan fingerprint density at radius 1 is 1.29 bits per heavy atom. The van der Waals surface area contributed by atoms with Crippen molar-refractivity contribution in [1.82, 2.24) is 10.5 Å². The number of carboxylic acid groups (broad SMARTS) is 2. The van der Waals surface area contributed by atoms with Crippen molar-refractivity contribution in [2.75, 3.05) is 0 Å². The summed E-state index contributed by atoms with van der Waals surface area (Å²) < 4.78 is 9.93. The average Bonchev–Trinajstić information content (AvgIpc) is 3.08. The molecule has 2 aromatic heterocycles. The minimum absolute atomic E-state index is 0.182. The van der Waals surface area contributed by atoms with Gasteiger partial charge in [0.15, 0.2) is 11.5 Å². The van der Waals surface area contributed by atoms with Crippen molar-refractivity contribution >= 4 is 17.8 Å². The predicted octanol–water partition coefficient (Wildman–Crippen LogP) is 0.592. The van der Waals surface area contributed by atoms with E-state index in [-0.39, 0.29) is 11.5 Å². The fraction of sp³-hybridized carbons (Fsp3) is 0.167. The molecule has 0 saturated heterocycles. The van der Waals surface area contributed by atoms with Crippen LogP contribution < -0.4 is 5.32 Å². The van der Waals surface area contributed by atoms with Crippen molar-refractivity contribution in [2.24, 2.45) is 0 Å². The van der Waals surface area contributed by atoms with Gasteiger partial charge in [0.1, 0.15) is 6.04 Å². The molecule has 0 aliphatic heterocycles. The first-order chi connectivity index (χ1) is 9.97. The smallest absolute Gasteiger partial charge is 0.326 e. The molecule has 1 atom stereocenters. The van der Waals surface area contributed by atoms with Crippen LogP contribution in [0.5, 0.6) is 0 Å². The summed E-state index contributed by atoms with van der Waals surface area (Å²) in [4.78, 5) is 33.2. The van der Waals surface area contributed by atoms with E-state index in [4.69, 9.17) is 19.2 Å². The maximum absolute atomic E-state index is 11.8. The Hall–Kier alpha value is -3.10. The van der Waals surface area contributed by atoms with Gasteiger partial charge in [0.2, 0.25) is 5.76 Å². The monoisotopic (exact) mass is 294 g/mol. The van der Waals surface area contributed by atoms with Crippen LogP contribution in [-0.2, 0) is 9.59 Å². The van der Waals surface area contributed by atoms with Crippen LogP contribution in [0.25, 0.3) is 11.5 Å². The normalized spacial score (nSPS) is 11.8. The number of amides is 1. The summed E-state index contributed by atoms with van der Waals surface area (Å²) in [5.41, 5.74) is -0.182. The van der Waals surface area contributed by atoms with Gasteiger partial charge in [-0.15, -0.1) is 0 Å². The van der Waals surface area contributed by atoms with Crippen LogP contribution >= 0.6 is 0 Å². The molecule has 0 fully saturated rings. The van der Waals surface area contributed by atoms with E-state index in [1.165, 1.54) is 12.3 Å². The number of carbonyl (C=O) groups excluding carboxylic acids is 1. The molecule has 1 amide bonds. The highest BCUT2D eigenvalue weighted by molar-refractivity contribution is 5.96. The molecule has 0 radical (unpaired) electrons. The summed E-state index contributed by atoms with van der Waals surface area (Å²) in [7, 11) is 0. The number of hydrogen-bond acceptors (Lipinski definition) is 6. The first kappa shape index (κ1) is 14.3. The first-order valence-electron chi connectivity index (χ1n) is 5.73. The second-order valence-electron chi connectivity index (χ2n) is 4.02. The average molecular weight is 294 g/mol. The number of carbonyl (C=O) groups is 3. The number of aromatic nitrogens is 1. The maximum Gasteiger partial charge on any atom is 0.326 e. The molecule has 0 unspecified atom stereocenters. The highest BCUT2D eigenvalue weighted by atomic mass is 16.5. The highest BCUT2D eigenvalue weighted by Crippen LogP contribution is 2.20. The topological polar surface area (TPSA) is 143 Å². The fourth-order valence-electron chi connectivity index (χ4n) is 1.52. The number of nitrogens with zero attached hydrogens (tertiary/aromatic N) is 1. The second-order valence-corrected chi connectivity index (χ2v) is 4.02. The summed E-state index contributed by atoms with van der Waals surface area (Å²) in [5, 5.41) is 22.9. The molecule has 2 heterocycles. The number of furan rings is 1. The number of carboxylic acids is 2. The van der Waals surface area contributed by atoms with E-state index in [0.29, 0.717) is 5.76 Å². The van der Waals surface area contributed by atoms with Crippen LogP contribution in [0.2, 0.25) is 0 Å². The Morgan fingerprint density at radius 3 is 2.62 bits per heavy atom. The summed E-state index contributed by atoms with van der Waals surface area (Å²) in [5.74, 6) is -3.12. The predicted molar refractivity (Wildman–Crippen MR) is 65.3 cm³/mol. The molecule has 110 valence electrons. The Morgan fingerprint density at radius 2 is 2.05 bits per heavy atom. The van der Waals surface area contributed by atoms with E-state index in [1.807, 2.05) is 0 Å². The maximum atomic E-state index is 11.8.